The van der Waals surface area contributed by atoms with Crippen LogP contribution in [-0.4, -0.2) is 23.7 Å². The first-order valence-electron chi connectivity index (χ1n) is 5.49. The summed E-state index contributed by atoms with van der Waals surface area (Å²) < 4.78 is 13.5. The summed E-state index contributed by atoms with van der Waals surface area (Å²) in [7, 11) is 0. The van der Waals surface area contributed by atoms with Crippen LogP contribution in [0.25, 0.3) is 0 Å². The van der Waals surface area contributed by atoms with Crippen LogP contribution in [0, 0.1) is 11.7 Å². The van der Waals surface area contributed by atoms with E-state index in [-0.39, 0.29) is 18.0 Å². The molecule has 1 aliphatic rings. The summed E-state index contributed by atoms with van der Waals surface area (Å²) in [4.78, 5) is 11.7. The van der Waals surface area contributed by atoms with E-state index in [0.717, 1.165) is 12.8 Å². The summed E-state index contributed by atoms with van der Waals surface area (Å²) in [6.07, 6.45) is 1.55. The van der Waals surface area contributed by atoms with E-state index in [1.807, 2.05) is 0 Å². The molecular weight excluding hydrogens is 289 g/mol. The maximum atomic E-state index is 13.2. The molecule has 0 spiro atoms. The molecule has 3 nitrogen and oxygen atoms in total. The van der Waals surface area contributed by atoms with E-state index in [0.29, 0.717) is 10.4 Å². The van der Waals surface area contributed by atoms with Crippen molar-refractivity contribution in [3.05, 3.63) is 34.1 Å². The molecule has 1 fully saturated rings. The lowest BCUT2D eigenvalue weighted by Gasteiger charge is -2.10. The highest BCUT2D eigenvalue weighted by molar-refractivity contribution is 9.10. The minimum Gasteiger partial charge on any atom is -0.391 e. The highest BCUT2D eigenvalue weighted by atomic mass is 79.9. The van der Waals surface area contributed by atoms with Crippen molar-refractivity contribution in [2.45, 2.75) is 18.9 Å². The monoisotopic (exact) mass is 301 g/mol. The number of carbonyl (C=O) groups excluding carboxylic acids is 1. The Bertz CT molecular complexity index is 435. The maximum absolute atomic E-state index is 13.2. The van der Waals surface area contributed by atoms with E-state index in [4.69, 9.17) is 0 Å². The van der Waals surface area contributed by atoms with Crippen molar-refractivity contribution in [2.75, 3.05) is 6.54 Å². The van der Waals surface area contributed by atoms with Crippen LogP contribution in [0.4, 0.5) is 4.39 Å². The number of halogens is 2. The highest BCUT2D eigenvalue weighted by Gasteiger charge is 2.29. The molecule has 5 heteroatoms. The first-order chi connectivity index (χ1) is 8.08. The van der Waals surface area contributed by atoms with Crippen LogP contribution in [0.1, 0.15) is 23.2 Å². The topological polar surface area (TPSA) is 49.3 Å². The maximum Gasteiger partial charge on any atom is 0.251 e. The molecule has 0 radical (unpaired) electrons. The van der Waals surface area contributed by atoms with E-state index in [2.05, 4.69) is 21.2 Å². The standard InChI is InChI=1S/C12H13BrFNO2/c13-9-4-3-8(5-10(9)14)12(17)15-6-11(16)7-1-2-7/h3-5,7,11,16H,1-2,6H2,(H,15,17). The van der Waals surface area contributed by atoms with Gasteiger partial charge in [0.1, 0.15) is 5.82 Å². The molecule has 1 aromatic rings. The third kappa shape index (κ3) is 3.26. The summed E-state index contributed by atoms with van der Waals surface area (Å²) >= 11 is 3.02. The van der Waals surface area contributed by atoms with Gasteiger partial charge in [0.15, 0.2) is 0 Å². The predicted octanol–water partition coefficient (Wildman–Crippen LogP) is 2.09. The zero-order chi connectivity index (χ0) is 12.4. The number of hydrogen-bond donors (Lipinski definition) is 2. The van der Waals surface area contributed by atoms with Gasteiger partial charge in [-0.05, 0) is 52.9 Å². The summed E-state index contributed by atoms with van der Waals surface area (Å²) in [5.41, 5.74) is 0.258. The fourth-order valence-electron chi connectivity index (χ4n) is 1.58. The summed E-state index contributed by atoms with van der Waals surface area (Å²) in [6.45, 7) is 0.223. The summed E-state index contributed by atoms with van der Waals surface area (Å²) in [5, 5.41) is 12.2. The first kappa shape index (κ1) is 12.5. The predicted molar refractivity (Wildman–Crippen MR) is 65.2 cm³/mol. The average Bonchev–Trinajstić information content (AvgIpc) is 3.13. The second-order valence-corrected chi connectivity index (χ2v) is 5.10. The van der Waals surface area contributed by atoms with Gasteiger partial charge in [0, 0.05) is 12.1 Å². The van der Waals surface area contributed by atoms with Crippen LogP contribution in [0.3, 0.4) is 0 Å². The number of hydrogen-bond acceptors (Lipinski definition) is 2. The first-order valence-corrected chi connectivity index (χ1v) is 6.28. The normalized spacial score (nSPS) is 16.6. The van der Waals surface area contributed by atoms with Crippen molar-refractivity contribution >= 4 is 21.8 Å². The molecule has 1 atom stereocenters. The van der Waals surface area contributed by atoms with Crippen molar-refractivity contribution in [1.29, 1.82) is 0 Å². The summed E-state index contributed by atoms with van der Waals surface area (Å²) in [6, 6.07) is 4.19. The molecule has 0 heterocycles. The third-order valence-corrected chi connectivity index (χ3v) is 3.46. The molecule has 92 valence electrons. The van der Waals surface area contributed by atoms with Gasteiger partial charge in [-0.25, -0.2) is 4.39 Å². The Hall–Kier alpha value is -0.940. The molecule has 2 N–H and O–H groups in total. The van der Waals surface area contributed by atoms with Gasteiger partial charge in [0.25, 0.3) is 5.91 Å². The molecule has 1 aliphatic carbocycles. The van der Waals surface area contributed by atoms with Crippen LogP contribution in [-0.2, 0) is 0 Å². The SMILES string of the molecule is O=C(NCC(O)C1CC1)c1ccc(Br)c(F)c1. The Morgan fingerprint density at radius 2 is 2.29 bits per heavy atom. The average molecular weight is 302 g/mol. The molecule has 1 aromatic carbocycles. The minimum absolute atomic E-state index is 0.223. The molecular formula is C12H13BrFNO2. The van der Waals surface area contributed by atoms with E-state index in [1.165, 1.54) is 18.2 Å². The molecule has 1 amide bonds. The lowest BCUT2D eigenvalue weighted by Crippen LogP contribution is -2.33. The molecule has 1 saturated carbocycles. The Labute approximate surface area is 107 Å². The zero-order valence-electron chi connectivity index (χ0n) is 9.12. The van der Waals surface area contributed by atoms with Crippen LogP contribution in [0.2, 0.25) is 0 Å². The van der Waals surface area contributed by atoms with Crippen molar-refractivity contribution in [2.24, 2.45) is 5.92 Å². The largest absolute Gasteiger partial charge is 0.391 e. The fourth-order valence-corrected chi connectivity index (χ4v) is 1.83. The van der Waals surface area contributed by atoms with Crippen LogP contribution < -0.4 is 5.32 Å². The molecule has 0 aliphatic heterocycles. The van der Waals surface area contributed by atoms with Crippen molar-refractivity contribution in [1.82, 2.24) is 5.32 Å². The number of carbonyl (C=O) groups is 1. The third-order valence-electron chi connectivity index (χ3n) is 2.82. The van der Waals surface area contributed by atoms with Crippen molar-refractivity contribution < 1.29 is 14.3 Å². The molecule has 0 bridgehead atoms. The molecule has 0 aromatic heterocycles. The number of aliphatic hydroxyl groups excluding tert-OH is 1. The highest BCUT2D eigenvalue weighted by Crippen LogP contribution is 2.32. The lowest BCUT2D eigenvalue weighted by molar-refractivity contribution is 0.0900. The summed E-state index contributed by atoms with van der Waals surface area (Å²) in [5.74, 6) is -0.520. The minimum atomic E-state index is -0.487. The van der Waals surface area contributed by atoms with Crippen molar-refractivity contribution in [3.63, 3.8) is 0 Å². The molecule has 17 heavy (non-hydrogen) atoms. The Morgan fingerprint density at radius 3 is 2.88 bits per heavy atom. The Balaban J connectivity index is 1.92. The van der Waals surface area contributed by atoms with Crippen molar-refractivity contribution in [3.8, 4) is 0 Å². The van der Waals surface area contributed by atoms with Gasteiger partial charge in [-0.3, -0.25) is 4.79 Å². The molecule has 2 rings (SSSR count). The fraction of sp³-hybridized carbons (Fsp3) is 0.417. The van der Waals surface area contributed by atoms with Gasteiger partial charge >= 0.3 is 0 Å². The Morgan fingerprint density at radius 1 is 1.59 bits per heavy atom. The van der Waals surface area contributed by atoms with Gasteiger partial charge in [-0.1, -0.05) is 0 Å². The van der Waals surface area contributed by atoms with Gasteiger partial charge in [0.2, 0.25) is 0 Å². The number of rotatable bonds is 4. The van der Waals surface area contributed by atoms with Gasteiger partial charge in [-0.2, -0.15) is 0 Å². The second-order valence-electron chi connectivity index (χ2n) is 4.24. The van der Waals surface area contributed by atoms with Crippen LogP contribution in [0.5, 0.6) is 0 Å². The van der Waals surface area contributed by atoms with E-state index >= 15 is 0 Å². The number of aliphatic hydroxyl groups is 1. The molecule has 1 unspecified atom stereocenters. The quantitative estimate of drug-likeness (QED) is 0.895. The van der Waals surface area contributed by atoms with E-state index < -0.39 is 11.9 Å². The zero-order valence-corrected chi connectivity index (χ0v) is 10.7. The van der Waals surface area contributed by atoms with E-state index in [9.17, 15) is 14.3 Å². The molecule has 0 saturated heterocycles. The van der Waals surface area contributed by atoms with Crippen LogP contribution in [0.15, 0.2) is 22.7 Å². The number of nitrogens with one attached hydrogen (secondary N) is 1. The number of amides is 1. The number of benzene rings is 1. The van der Waals surface area contributed by atoms with Gasteiger partial charge < -0.3 is 10.4 Å². The lowest BCUT2D eigenvalue weighted by atomic mass is 10.2. The second kappa shape index (κ2) is 5.14. The smallest absolute Gasteiger partial charge is 0.251 e. The van der Waals surface area contributed by atoms with Crippen LogP contribution >= 0.6 is 15.9 Å². The Kier molecular flexibility index (Phi) is 3.79. The van der Waals surface area contributed by atoms with E-state index in [1.54, 1.807) is 0 Å². The van der Waals surface area contributed by atoms with Gasteiger partial charge in [-0.15, -0.1) is 0 Å². The van der Waals surface area contributed by atoms with Gasteiger partial charge in [0.05, 0.1) is 10.6 Å².